The number of carbonyl (C=O) groups is 3. The number of hydrogen-bond donors (Lipinski definition) is 4. The number of anilines is 1. The minimum Gasteiger partial charge on any atom is -0.352 e. The summed E-state index contributed by atoms with van der Waals surface area (Å²) in [5, 5.41) is 11.0. The number of nitrogens with one attached hydrogen (secondary N) is 4. The smallest absolute Gasteiger partial charge is 0.319 e. The second-order valence-electron chi connectivity index (χ2n) is 5.85. The van der Waals surface area contributed by atoms with Crippen molar-refractivity contribution in [2.45, 2.75) is 38.8 Å². The Hall–Kier alpha value is -2.57. The Kier molecular flexibility index (Phi) is 5.56. The minimum atomic E-state index is -0.314. The van der Waals surface area contributed by atoms with Gasteiger partial charge in [0.2, 0.25) is 5.91 Å². The number of carbonyl (C=O) groups excluding carboxylic acids is 3. The van der Waals surface area contributed by atoms with Gasteiger partial charge in [0.15, 0.2) is 0 Å². The maximum absolute atomic E-state index is 12.1. The van der Waals surface area contributed by atoms with Crippen molar-refractivity contribution in [3.8, 4) is 0 Å². The van der Waals surface area contributed by atoms with Gasteiger partial charge in [-0.1, -0.05) is 6.07 Å². The quantitative estimate of drug-likeness (QED) is 0.657. The van der Waals surface area contributed by atoms with Gasteiger partial charge in [-0.25, -0.2) is 4.79 Å². The van der Waals surface area contributed by atoms with Crippen LogP contribution in [0, 0.1) is 0 Å². The van der Waals surface area contributed by atoms with Gasteiger partial charge in [-0.2, -0.15) is 0 Å². The molecule has 7 nitrogen and oxygen atoms in total. The van der Waals surface area contributed by atoms with Crippen LogP contribution in [-0.4, -0.2) is 36.5 Å². The third kappa shape index (κ3) is 5.28. The van der Waals surface area contributed by atoms with Gasteiger partial charge >= 0.3 is 6.03 Å². The van der Waals surface area contributed by atoms with E-state index in [9.17, 15) is 14.4 Å². The Labute approximate surface area is 135 Å². The summed E-state index contributed by atoms with van der Waals surface area (Å²) in [6.45, 7) is 4.13. The van der Waals surface area contributed by atoms with Crippen molar-refractivity contribution in [3.63, 3.8) is 0 Å². The van der Waals surface area contributed by atoms with Crippen molar-refractivity contribution < 1.29 is 14.4 Å². The SMILES string of the molecule is CC(C)NC(=O)Nc1cccc(C(=O)NC[C@H]2CCC(=O)N2)c1. The third-order valence-electron chi connectivity index (χ3n) is 3.40. The summed E-state index contributed by atoms with van der Waals surface area (Å²) < 4.78 is 0. The van der Waals surface area contributed by atoms with Crippen LogP contribution in [0.15, 0.2) is 24.3 Å². The lowest BCUT2D eigenvalue weighted by Crippen LogP contribution is -2.38. The van der Waals surface area contributed by atoms with Gasteiger partial charge in [0.05, 0.1) is 0 Å². The van der Waals surface area contributed by atoms with Crippen LogP contribution in [0.25, 0.3) is 0 Å². The molecule has 1 aliphatic rings. The summed E-state index contributed by atoms with van der Waals surface area (Å²) in [6, 6.07) is 6.42. The van der Waals surface area contributed by atoms with Crippen LogP contribution in [0.3, 0.4) is 0 Å². The lowest BCUT2D eigenvalue weighted by atomic mass is 10.1. The van der Waals surface area contributed by atoms with Gasteiger partial charge in [0, 0.05) is 36.3 Å². The number of rotatable bonds is 5. The fourth-order valence-electron chi connectivity index (χ4n) is 2.32. The van der Waals surface area contributed by atoms with Gasteiger partial charge in [0.1, 0.15) is 0 Å². The normalized spacial score (nSPS) is 16.8. The Balaban J connectivity index is 1.89. The molecule has 7 heteroatoms. The van der Waals surface area contributed by atoms with Crippen LogP contribution in [0.4, 0.5) is 10.5 Å². The first-order valence-electron chi connectivity index (χ1n) is 7.69. The summed E-state index contributed by atoms with van der Waals surface area (Å²) in [5.74, 6) is -0.217. The molecule has 0 radical (unpaired) electrons. The van der Waals surface area contributed by atoms with Crippen molar-refractivity contribution in [2.24, 2.45) is 0 Å². The van der Waals surface area contributed by atoms with Crippen LogP contribution in [0.1, 0.15) is 37.0 Å². The third-order valence-corrected chi connectivity index (χ3v) is 3.40. The summed E-state index contributed by atoms with van der Waals surface area (Å²) in [7, 11) is 0. The van der Waals surface area contributed by atoms with Crippen LogP contribution >= 0.6 is 0 Å². The number of hydrogen-bond acceptors (Lipinski definition) is 3. The maximum Gasteiger partial charge on any atom is 0.319 e. The molecule has 1 saturated heterocycles. The van der Waals surface area contributed by atoms with Crippen LogP contribution < -0.4 is 21.3 Å². The van der Waals surface area contributed by atoms with E-state index in [1.54, 1.807) is 24.3 Å². The molecule has 0 bridgehead atoms. The lowest BCUT2D eigenvalue weighted by molar-refractivity contribution is -0.119. The molecule has 1 aliphatic heterocycles. The first kappa shape index (κ1) is 16.8. The summed E-state index contributed by atoms with van der Waals surface area (Å²) >= 11 is 0. The summed E-state index contributed by atoms with van der Waals surface area (Å²) in [6.07, 6.45) is 1.24. The van der Waals surface area contributed by atoms with E-state index < -0.39 is 0 Å². The average molecular weight is 318 g/mol. The van der Waals surface area contributed by atoms with Crippen LogP contribution in [-0.2, 0) is 4.79 Å². The summed E-state index contributed by atoms with van der Waals surface area (Å²) in [5.41, 5.74) is 1.00. The fraction of sp³-hybridized carbons (Fsp3) is 0.438. The lowest BCUT2D eigenvalue weighted by Gasteiger charge is -2.13. The second kappa shape index (κ2) is 7.62. The predicted molar refractivity (Wildman–Crippen MR) is 87.2 cm³/mol. The van der Waals surface area contributed by atoms with Crippen molar-refractivity contribution >= 4 is 23.5 Å². The molecule has 4 amide bonds. The molecular weight excluding hydrogens is 296 g/mol. The van der Waals surface area contributed by atoms with E-state index in [1.807, 2.05) is 13.8 Å². The Morgan fingerprint density at radius 1 is 1.35 bits per heavy atom. The molecule has 0 spiro atoms. The van der Waals surface area contributed by atoms with E-state index in [1.165, 1.54) is 0 Å². The molecular formula is C16H22N4O3. The Bertz CT molecular complexity index is 601. The van der Waals surface area contributed by atoms with Gasteiger partial charge in [-0.15, -0.1) is 0 Å². The molecule has 1 heterocycles. The van der Waals surface area contributed by atoms with Crippen molar-refractivity contribution in [2.75, 3.05) is 11.9 Å². The molecule has 2 rings (SSSR count). The molecule has 4 N–H and O–H groups in total. The molecule has 1 atom stereocenters. The molecule has 1 fully saturated rings. The van der Waals surface area contributed by atoms with Gasteiger partial charge in [-0.3, -0.25) is 9.59 Å². The Morgan fingerprint density at radius 2 is 2.13 bits per heavy atom. The number of amides is 4. The highest BCUT2D eigenvalue weighted by Crippen LogP contribution is 2.11. The van der Waals surface area contributed by atoms with E-state index in [4.69, 9.17) is 0 Å². The first-order chi connectivity index (χ1) is 10.9. The van der Waals surface area contributed by atoms with E-state index in [0.717, 1.165) is 6.42 Å². The number of urea groups is 1. The zero-order chi connectivity index (χ0) is 16.8. The molecule has 0 saturated carbocycles. The highest BCUT2D eigenvalue weighted by atomic mass is 16.2. The average Bonchev–Trinajstić information content (AvgIpc) is 2.89. The molecule has 23 heavy (non-hydrogen) atoms. The highest BCUT2D eigenvalue weighted by molar-refractivity contribution is 5.97. The van der Waals surface area contributed by atoms with Crippen LogP contribution in [0.2, 0.25) is 0 Å². The van der Waals surface area contributed by atoms with Crippen molar-refractivity contribution in [1.82, 2.24) is 16.0 Å². The topological polar surface area (TPSA) is 99.3 Å². The zero-order valence-corrected chi connectivity index (χ0v) is 13.3. The zero-order valence-electron chi connectivity index (χ0n) is 13.3. The van der Waals surface area contributed by atoms with Crippen LogP contribution in [0.5, 0.6) is 0 Å². The van der Waals surface area contributed by atoms with E-state index in [0.29, 0.717) is 24.2 Å². The van der Waals surface area contributed by atoms with E-state index in [2.05, 4.69) is 21.3 Å². The second-order valence-corrected chi connectivity index (χ2v) is 5.85. The fourth-order valence-corrected chi connectivity index (χ4v) is 2.32. The molecule has 124 valence electrons. The van der Waals surface area contributed by atoms with Crippen molar-refractivity contribution in [3.05, 3.63) is 29.8 Å². The van der Waals surface area contributed by atoms with E-state index >= 15 is 0 Å². The minimum absolute atomic E-state index is 0.00965. The maximum atomic E-state index is 12.1. The Morgan fingerprint density at radius 3 is 2.78 bits per heavy atom. The number of benzene rings is 1. The standard InChI is InChI=1S/C16H22N4O3/c1-10(2)18-16(23)20-12-5-3-4-11(8-12)15(22)17-9-13-6-7-14(21)19-13/h3-5,8,10,13H,6-7,9H2,1-2H3,(H,17,22)(H,19,21)(H2,18,20,23)/t13-/m1/s1. The molecule has 1 aromatic rings. The molecule has 0 aromatic heterocycles. The molecule has 0 unspecified atom stereocenters. The highest BCUT2D eigenvalue weighted by Gasteiger charge is 2.21. The largest absolute Gasteiger partial charge is 0.352 e. The van der Waals surface area contributed by atoms with Crippen molar-refractivity contribution in [1.29, 1.82) is 0 Å². The molecule has 1 aromatic carbocycles. The van der Waals surface area contributed by atoms with E-state index in [-0.39, 0.29) is 29.9 Å². The first-order valence-corrected chi connectivity index (χ1v) is 7.69. The molecule has 0 aliphatic carbocycles. The predicted octanol–water partition coefficient (Wildman–Crippen LogP) is 1.22. The monoisotopic (exact) mass is 318 g/mol. The van der Waals surface area contributed by atoms with Gasteiger partial charge in [0.25, 0.3) is 5.91 Å². The van der Waals surface area contributed by atoms with Gasteiger partial charge in [-0.05, 0) is 38.5 Å². The summed E-state index contributed by atoms with van der Waals surface area (Å²) in [4.78, 5) is 34.9. The van der Waals surface area contributed by atoms with Gasteiger partial charge < -0.3 is 21.3 Å².